The smallest absolute Gasteiger partial charge is 0.339 e. The van der Waals surface area contributed by atoms with Crippen molar-refractivity contribution >= 4 is 26.5 Å². The normalized spacial score (nSPS) is 12.3. The molecule has 1 unspecified atom stereocenters. The summed E-state index contributed by atoms with van der Waals surface area (Å²) in [6.45, 7) is 3.65. The van der Waals surface area contributed by atoms with Crippen LogP contribution in [0, 0.1) is 0 Å². The van der Waals surface area contributed by atoms with Crippen LogP contribution in [0.15, 0.2) is 82.8 Å². The summed E-state index contributed by atoms with van der Waals surface area (Å²) in [6.07, 6.45) is 1.58. The van der Waals surface area contributed by atoms with Crippen molar-refractivity contribution in [1.29, 1.82) is 0 Å². The van der Waals surface area contributed by atoms with Gasteiger partial charge >= 0.3 is 5.97 Å². The van der Waals surface area contributed by atoms with Crippen molar-refractivity contribution in [2.45, 2.75) is 19.4 Å². The largest absolute Gasteiger partial charge is 0.465 e. The van der Waals surface area contributed by atoms with E-state index in [-0.39, 0.29) is 16.4 Å². The molecule has 2 heterocycles. The highest BCUT2D eigenvalue weighted by molar-refractivity contribution is 7.43. The highest BCUT2D eigenvalue weighted by Crippen LogP contribution is 2.40. The topological polar surface area (TPSA) is 39.4 Å². The Hall–Kier alpha value is -2.85. The van der Waals surface area contributed by atoms with Gasteiger partial charge in [0.05, 0.1) is 11.8 Å². The molecule has 26 heavy (non-hydrogen) atoms. The maximum Gasteiger partial charge on any atom is 0.339 e. The molecule has 0 saturated heterocycles. The summed E-state index contributed by atoms with van der Waals surface area (Å²) in [5.41, 5.74) is -0.272. The number of hydrogen-bond donors (Lipinski definition) is 0. The predicted octanol–water partition coefficient (Wildman–Crippen LogP) is 6.26. The van der Waals surface area contributed by atoms with Crippen LogP contribution < -0.4 is 0 Å². The molecule has 130 valence electrons. The van der Waals surface area contributed by atoms with Gasteiger partial charge in [0.2, 0.25) is 0 Å². The average molecular weight is 363 g/mol. The lowest BCUT2D eigenvalue weighted by Crippen LogP contribution is -2.25. The van der Waals surface area contributed by atoms with Crippen molar-refractivity contribution in [3.05, 3.63) is 89.7 Å². The molecule has 0 spiro atoms. The van der Waals surface area contributed by atoms with Gasteiger partial charge in [0.1, 0.15) is 11.1 Å². The van der Waals surface area contributed by atoms with Crippen LogP contribution in [0.5, 0.6) is 0 Å². The van der Waals surface area contributed by atoms with Crippen LogP contribution >= 0.6 is 10.5 Å². The molecule has 4 rings (SSSR count). The van der Waals surface area contributed by atoms with E-state index in [9.17, 15) is 4.79 Å². The summed E-state index contributed by atoms with van der Waals surface area (Å²) in [4.78, 5) is 13.8. The first-order valence-corrected chi connectivity index (χ1v) is 9.71. The second-order valence-electron chi connectivity index (χ2n) is 6.58. The van der Waals surface area contributed by atoms with Crippen molar-refractivity contribution in [1.82, 2.24) is 0 Å². The van der Waals surface area contributed by atoms with Crippen LogP contribution in [0.25, 0.3) is 15.0 Å². The molecule has 2 aromatic heterocycles. The Labute approximate surface area is 154 Å². The molecular weight excluding hydrogens is 344 g/mol. The van der Waals surface area contributed by atoms with Crippen LogP contribution in [-0.4, -0.2) is 5.97 Å². The SMILES string of the molecule is CC(C)(OC(=O)c1cccc(-[s+]2ccc3ccccc32)c1)c1ccco1. The molecule has 0 aliphatic heterocycles. The molecule has 1 atom stereocenters. The molecular formula is C22H19O3S+. The van der Waals surface area contributed by atoms with E-state index in [4.69, 9.17) is 9.15 Å². The third-order valence-electron chi connectivity index (χ3n) is 4.33. The summed E-state index contributed by atoms with van der Waals surface area (Å²) in [5, 5.41) is 3.44. The first-order valence-electron chi connectivity index (χ1n) is 8.42. The molecule has 0 aliphatic rings. The number of benzene rings is 2. The molecule has 0 bridgehead atoms. The quantitative estimate of drug-likeness (QED) is 0.317. The number of fused-ring (bicyclic) bond motifs is 1. The van der Waals surface area contributed by atoms with E-state index in [1.54, 1.807) is 18.4 Å². The number of rotatable bonds is 4. The fourth-order valence-electron chi connectivity index (χ4n) is 2.96. The van der Waals surface area contributed by atoms with Gasteiger partial charge in [0.15, 0.2) is 15.2 Å². The highest BCUT2D eigenvalue weighted by atomic mass is 32.2. The third-order valence-corrected chi connectivity index (χ3v) is 6.34. The number of furan rings is 1. The van der Waals surface area contributed by atoms with Gasteiger partial charge < -0.3 is 9.15 Å². The Balaban J connectivity index is 1.64. The summed E-state index contributed by atoms with van der Waals surface area (Å²) < 4.78 is 12.4. The van der Waals surface area contributed by atoms with E-state index in [0.717, 1.165) is 4.90 Å². The van der Waals surface area contributed by atoms with Crippen LogP contribution in [-0.2, 0) is 10.3 Å². The molecule has 0 saturated carbocycles. The second kappa shape index (κ2) is 6.46. The lowest BCUT2D eigenvalue weighted by Gasteiger charge is -2.22. The van der Waals surface area contributed by atoms with E-state index >= 15 is 0 Å². The molecule has 0 radical (unpaired) electrons. The Bertz CT molecular complexity index is 1060. The van der Waals surface area contributed by atoms with E-state index in [2.05, 4.69) is 35.7 Å². The van der Waals surface area contributed by atoms with Crippen LogP contribution in [0.3, 0.4) is 0 Å². The van der Waals surface area contributed by atoms with E-state index in [1.165, 1.54) is 10.1 Å². The summed E-state index contributed by atoms with van der Waals surface area (Å²) in [5.74, 6) is 0.268. The van der Waals surface area contributed by atoms with E-state index in [1.807, 2.05) is 38.1 Å². The number of thiophene rings is 1. The minimum Gasteiger partial charge on any atom is -0.465 e. The maximum absolute atomic E-state index is 12.7. The lowest BCUT2D eigenvalue weighted by molar-refractivity contribution is -0.0126. The Kier molecular flexibility index (Phi) is 4.13. The average Bonchev–Trinajstić information content (AvgIpc) is 3.32. The van der Waals surface area contributed by atoms with Crippen molar-refractivity contribution < 1.29 is 13.9 Å². The molecule has 0 aliphatic carbocycles. The minimum absolute atomic E-state index is 0.152. The first kappa shape index (κ1) is 16.6. The van der Waals surface area contributed by atoms with Crippen molar-refractivity contribution in [2.24, 2.45) is 0 Å². The number of carbonyl (C=O) groups excluding carboxylic acids is 1. The second-order valence-corrected chi connectivity index (χ2v) is 8.44. The minimum atomic E-state index is -0.821. The number of hydrogen-bond acceptors (Lipinski definition) is 3. The Morgan fingerprint density at radius 1 is 1.00 bits per heavy atom. The monoisotopic (exact) mass is 363 g/mol. The number of ether oxygens (including phenoxy) is 1. The van der Waals surface area contributed by atoms with Crippen LogP contribution in [0.1, 0.15) is 30.0 Å². The molecule has 2 aromatic carbocycles. The van der Waals surface area contributed by atoms with Crippen molar-refractivity contribution in [3.8, 4) is 4.90 Å². The van der Waals surface area contributed by atoms with Gasteiger partial charge in [0, 0.05) is 28.0 Å². The van der Waals surface area contributed by atoms with Crippen molar-refractivity contribution in [3.63, 3.8) is 0 Å². The Morgan fingerprint density at radius 3 is 2.65 bits per heavy atom. The summed E-state index contributed by atoms with van der Waals surface area (Å²) in [7, 11) is -0.152. The van der Waals surface area contributed by atoms with Crippen LogP contribution in [0.2, 0.25) is 0 Å². The van der Waals surface area contributed by atoms with Gasteiger partial charge in [-0.2, -0.15) is 0 Å². The van der Waals surface area contributed by atoms with E-state index in [0.29, 0.717) is 11.3 Å². The van der Waals surface area contributed by atoms with Gasteiger partial charge in [0.25, 0.3) is 0 Å². The van der Waals surface area contributed by atoms with Gasteiger partial charge in [-0.15, -0.1) is 0 Å². The molecule has 3 nitrogen and oxygen atoms in total. The fourth-order valence-corrected chi connectivity index (χ4v) is 4.90. The third kappa shape index (κ3) is 3.04. The maximum atomic E-state index is 12.7. The standard InChI is InChI=1S/C22H19O3S/c1-22(2,20-11-6-13-24-20)25-21(23)17-8-5-9-18(15-17)26-14-12-16-7-3-4-10-19(16)26/h3-15H,1-2H3/q+1. The number of esters is 1. The van der Waals surface area contributed by atoms with Crippen LogP contribution in [0.4, 0.5) is 0 Å². The molecule has 0 fully saturated rings. The Morgan fingerprint density at radius 2 is 1.85 bits per heavy atom. The van der Waals surface area contributed by atoms with Gasteiger partial charge in [-0.05, 0) is 50.2 Å². The molecule has 0 amide bonds. The fraction of sp³-hybridized carbons (Fsp3) is 0.136. The summed E-state index contributed by atoms with van der Waals surface area (Å²) >= 11 is 0. The predicted molar refractivity (Wildman–Crippen MR) is 105 cm³/mol. The van der Waals surface area contributed by atoms with Crippen molar-refractivity contribution in [2.75, 3.05) is 0 Å². The molecule has 4 heteroatoms. The zero-order valence-corrected chi connectivity index (χ0v) is 15.5. The highest BCUT2D eigenvalue weighted by Gasteiger charge is 2.29. The zero-order chi connectivity index (χ0) is 18.1. The molecule has 0 N–H and O–H groups in total. The van der Waals surface area contributed by atoms with E-state index < -0.39 is 5.60 Å². The summed E-state index contributed by atoms with van der Waals surface area (Å²) in [6, 6.07) is 21.8. The molecule has 4 aromatic rings. The zero-order valence-electron chi connectivity index (χ0n) is 14.6. The van der Waals surface area contributed by atoms with Gasteiger partial charge in [-0.1, -0.05) is 18.2 Å². The number of carbonyl (C=O) groups is 1. The lowest BCUT2D eigenvalue weighted by atomic mass is 10.1. The first-order chi connectivity index (χ1) is 12.5. The van der Waals surface area contributed by atoms with Gasteiger partial charge in [-0.3, -0.25) is 0 Å². The van der Waals surface area contributed by atoms with Gasteiger partial charge in [-0.25, -0.2) is 4.79 Å².